The number of aliphatic hydroxyl groups excluding tert-OH is 1. The highest BCUT2D eigenvalue weighted by Gasteiger charge is 2.15. The molecule has 1 aromatic heterocycles. The summed E-state index contributed by atoms with van der Waals surface area (Å²) < 4.78 is 0.709. The van der Waals surface area contributed by atoms with Gasteiger partial charge in [-0.05, 0) is 55.2 Å². The lowest BCUT2D eigenvalue weighted by atomic mass is 9.96. The van der Waals surface area contributed by atoms with Crippen LogP contribution in [0.2, 0.25) is 4.34 Å². The van der Waals surface area contributed by atoms with Gasteiger partial charge in [0.2, 0.25) is 0 Å². The van der Waals surface area contributed by atoms with Crippen molar-refractivity contribution in [3.63, 3.8) is 0 Å². The Morgan fingerprint density at radius 3 is 2.29 bits per heavy atom. The lowest BCUT2D eigenvalue weighted by Gasteiger charge is -2.14. The minimum Gasteiger partial charge on any atom is -0.383 e. The number of rotatable bonds is 2. The van der Waals surface area contributed by atoms with Gasteiger partial charge in [0.05, 0.1) is 4.34 Å². The zero-order valence-corrected chi connectivity index (χ0v) is 11.7. The van der Waals surface area contributed by atoms with Crippen LogP contribution in [0.4, 0.5) is 0 Å². The first-order chi connectivity index (χ1) is 7.99. The van der Waals surface area contributed by atoms with Crippen LogP contribution >= 0.6 is 22.9 Å². The largest absolute Gasteiger partial charge is 0.383 e. The maximum absolute atomic E-state index is 10.4. The standard InChI is InChI=1S/C14H15ClOS/c1-8-6-10(3)11(7-9(8)2)14(16)12-4-5-13(15)17-12/h4-7,14,16H,1-3H3. The van der Waals surface area contributed by atoms with E-state index in [1.54, 1.807) is 0 Å². The summed E-state index contributed by atoms with van der Waals surface area (Å²) in [6, 6.07) is 7.87. The molecule has 1 N–H and O–H groups in total. The summed E-state index contributed by atoms with van der Waals surface area (Å²) >= 11 is 7.32. The van der Waals surface area contributed by atoms with Gasteiger partial charge in [-0.15, -0.1) is 11.3 Å². The number of aliphatic hydroxyl groups is 1. The van der Waals surface area contributed by atoms with E-state index in [1.807, 2.05) is 19.1 Å². The molecule has 0 saturated heterocycles. The first-order valence-corrected chi connectivity index (χ1v) is 6.69. The van der Waals surface area contributed by atoms with Crippen LogP contribution in [0, 0.1) is 20.8 Å². The van der Waals surface area contributed by atoms with Crippen molar-refractivity contribution in [3.8, 4) is 0 Å². The van der Waals surface area contributed by atoms with Gasteiger partial charge in [0, 0.05) is 4.88 Å². The van der Waals surface area contributed by atoms with Gasteiger partial charge in [-0.1, -0.05) is 23.7 Å². The fourth-order valence-corrected chi connectivity index (χ4v) is 2.97. The summed E-state index contributed by atoms with van der Waals surface area (Å²) in [4.78, 5) is 0.890. The lowest BCUT2D eigenvalue weighted by molar-refractivity contribution is 0.223. The van der Waals surface area contributed by atoms with E-state index in [9.17, 15) is 5.11 Å². The van der Waals surface area contributed by atoms with Gasteiger partial charge in [-0.2, -0.15) is 0 Å². The Labute approximate surface area is 111 Å². The number of aryl methyl sites for hydroxylation is 3. The van der Waals surface area contributed by atoms with Gasteiger partial charge in [-0.25, -0.2) is 0 Å². The molecule has 0 radical (unpaired) electrons. The van der Waals surface area contributed by atoms with Crippen LogP contribution in [0.25, 0.3) is 0 Å². The average molecular weight is 267 g/mol. The van der Waals surface area contributed by atoms with E-state index in [-0.39, 0.29) is 0 Å². The first kappa shape index (κ1) is 12.6. The van der Waals surface area contributed by atoms with Gasteiger partial charge >= 0.3 is 0 Å². The van der Waals surface area contributed by atoms with Crippen LogP contribution in [0.5, 0.6) is 0 Å². The molecule has 1 heterocycles. The van der Waals surface area contributed by atoms with Gasteiger partial charge in [-0.3, -0.25) is 0 Å². The molecule has 17 heavy (non-hydrogen) atoms. The number of thiophene rings is 1. The molecular weight excluding hydrogens is 252 g/mol. The van der Waals surface area contributed by atoms with Crippen molar-refractivity contribution in [2.24, 2.45) is 0 Å². The Balaban J connectivity index is 2.43. The zero-order chi connectivity index (χ0) is 12.6. The minimum absolute atomic E-state index is 0.577. The third-order valence-corrected chi connectivity index (χ3v) is 4.32. The second kappa shape index (κ2) is 4.81. The third-order valence-electron chi connectivity index (χ3n) is 3.04. The van der Waals surface area contributed by atoms with E-state index in [2.05, 4.69) is 26.0 Å². The molecule has 1 unspecified atom stereocenters. The Hall–Kier alpha value is -0.830. The van der Waals surface area contributed by atoms with Crippen molar-refractivity contribution in [1.82, 2.24) is 0 Å². The topological polar surface area (TPSA) is 20.2 Å². The third kappa shape index (κ3) is 2.54. The van der Waals surface area contributed by atoms with Crippen molar-refractivity contribution in [2.45, 2.75) is 26.9 Å². The van der Waals surface area contributed by atoms with Crippen LogP contribution in [0.15, 0.2) is 24.3 Å². The molecule has 1 atom stereocenters. The molecule has 0 aliphatic rings. The van der Waals surface area contributed by atoms with Crippen LogP contribution in [-0.4, -0.2) is 5.11 Å². The van der Waals surface area contributed by atoms with Gasteiger partial charge in [0.15, 0.2) is 0 Å². The van der Waals surface area contributed by atoms with E-state index in [1.165, 1.54) is 22.5 Å². The molecule has 0 spiro atoms. The van der Waals surface area contributed by atoms with Crippen LogP contribution in [-0.2, 0) is 0 Å². The smallest absolute Gasteiger partial charge is 0.114 e. The SMILES string of the molecule is Cc1cc(C)c(C(O)c2ccc(Cl)s2)cc1C. The summed E-state index contributed by atoms with van der Waals surface area (Å²) in [5.74, 6) is 0. The van der Waals surface area contributed by atoms with E-state index in [0.717, 1.165) is 16.0 Å². The second-order valence-corrected chi connectivity index (χ2v) is 6.08. The molecule has 0 aliphatic heterocycles. The molecule has 2 rings (SSSR count). The number of benzene rings is 1. The maximum Gasteiger partial charge on any atom is 0.114 e. The van der Waals surface area contributed by atoms with Crippen molar-refractivity contribution in [1.29, 1.82) is 0 Å². The molecular formula is C14H15ClOS. The van der Waals surface area contributed by atoms with E-state index >= 15 is 0 Å². The molecule has 0 amide bonds. The monoisotopic (exact) mass is 266 g/mol. The number of halogens is 1. The maximum atomic E-state index is 10.4. The molecule has 3 heteroatoms. The summed E-state index contributed by atoms with van der Waals surface area (Å²) in [5, 5.41) is 10.4. The average Bonchev–Trinajstić information content (AvgIpc) is 2.69. The molecule has 1 aromatic carbocycles. The fraction of sp³-hybridized carbons (Fsp3) is 0.286. The Morgan fingerprint density at radius 1 is 1.06 bits per heavy atom. The fourth-order valence-electron chi connectivity index (χ4n) is 1.91. The molecule has 0 saturated carbocycles. The summed E-state index contributed by atoms with van der Waals surface area (Å²) in [6.07, 6.45) is -0.577. The molecule has 90 valence electrons. The highest BCUT2D eigenvalue weighted by molar-refractivity contribution is 7.16. The molecule has 2 aromatic rings. The van der Waals surface area contributed by atoms with Gasteiger partial charge < -0.3 is 5.11 Å². The summed E-state index contributed by atoms with van der Waals surface area (Å²) in [5.41, 5.74) is 4.53. The molecule has 0 fully saturated rings. The highest BCUT2D eigenvalue weighted by atomic mass is 35.5. The predicted octanol–water partition coefficient (Wildman–Crippen LogP) is 4.41. The molecule has 1 nitrogen and oxygen atoms in total. The zero-order valence-electron chi connectivity index (χ0n) is 10.1. The van der Waals surface area contributed by atoms with Crippen LogP contribution in [0.3, 0.4) is 0 Å². The number of hydrogen-bond donors (Lipinski definition) is 1. The summed E-state index contributed by atoms with van der Waals surface area (Å²) in [6.45, 7) is 6.17. The molecule has 0 bridgehead atoms. The van der Waals surface area contributed by atoms with E-state index < -0.39 is 6.10 Å². The van der Waals surface area contributed by atoms with Crippen LogP contribution < -0.4 is 0 Å². The lowest BCUT2D eigenvalue weighted by Crippen LogP contribution is -2.01. The number of hydrogen-bond acceptors (Lipinski definition) is 2. The highest BCUT2D eigenvalue weighted by Crippen LogP contribution is 2.33. The Morgan fingerprint density at radius 2 is 1.71 bits per heavy atom. The van der Waals surface area contributed by atoms with Crippen molar-refractivity contribution >= 4 is 22.9 Å². The van der Waals surface area contributed by atoms with Crippen molar-refractivity contribution < 1.29 is 5.11 Å². The Bertz CT molecular complexity index is 545. The minimum atomic E-state index is -0.577. The van der Waals surface area contributed by atoms with Gasteiger partial charge in [0.1, 0.15) is 6.10 Å². The van der Waals surface area contributed by atoms with E-state index in [0.29, 0.717) is 4.34 Å². The predicted molar refractivity (Wildman–Crippen MR) is 74.0 cm³/mol. The van der Waals surface area contributed by atoms with E-state index in [4.69, 9.17) is 11.6 Å². The summed E-state index contributed by atoms with van der Waals surface area (Å²) in [7, 11) is 0. The normalized spacial score (nSPS) is 12.8. The Kier molecular flexibility index (Phi) is 3.57. The van der Waals surface area contributed by atoms with Crippen LogP contribution in [0.1, 0.15) is 33.2 Å². The quantitative estimate of drug-likeness (QED) is 0.854. The van der Waals surface area contributed by atoms with Crippen molar-refractivity contribution in [3.05, 3.63) is 55.7 Å². The first-order valence-electron chi connectivity index (χ1n) is 5.50. The molecule has 0 aliphatic carbocycles. The van der Waals surface area contributed by atoms with Gasteiger partial charge in [0.25, 0.3) is 0 Å². The van der Waals surface area contributed by atoms with Crippen molar-refractivity contribution in [2.75, 3.05) is 0 Å². The second-order valence-electron chi connectivity index (χ2n) is 4.34.